The molecule has 1 fully saturated rings. The summed E-state index contributed by atoms with van der Waals surface area (Å²) in [5.41, 5.74) is 12.3. The number of carbonyl (C=O) groups is 2. The number of anilines is 2. The van der Waals surface area contributed by atoms with E-state index in [0.29, 0.717) is 55.2 Å². The number of nitrogens with two attached hydrogens (primary N) is 1. The van der Waals surface area contributed by atoms with E-state index in [1.165, 1.54) is 18.5 Å². The second-order valence-electron chi connectivity index (χ2n) is 13.6. The third-order valence-electron chi connectivity index (χ3n) is 9.90. The first kappa shape index (κ1) is 37.1. The maximum atomic E-state index is 15.6. The Kier molecular flexibility index (Phi) is 11.4. The van der Waals surface area contributed by atoms with Crippen molar-refractivity contribution in [3.8, 4) is 11.1 Å². The van der Waals surface area contributed by atoms with E-state index in [4.69, 9.17) is 15.5 Å². The van der Waals surface area contributed by atoms with Gasteiger partial charge < -0.3 is 26.0 Å². The van der Waals surface area contributed by atoms with Gasteiger partial charge in [-0.05, 0) is 85.3 Å². The molecule has 0 spiro atoms. The van der Waals surface area contributed by atoms with Crippen LogP contribution in [0.3, 0.4) is 0 Å². The van der Waals surface area contributed by atoms with Gasteiger partial charge in [0.1, 0.15) is 18.0 Å². The van der Waals surface area contributed by atoms with Crippen LogP contribution in [0.15, 0.2) is 91.5 Å². The van der Waals surface area contributed by atoms with Crippen molar-refractivity contribution in [2.45, 2.75) is 65.3 Å². The molecule has 6 aromatic rings. The Morgan fingerprint density at radius 3 is 2.56 bits per heavy atom. The molecule has 0 radical (unpaired) electrons. The summed E-state index contributed by atoms with van der Waals surface area (Å²) in [6.07, 6.45) is 7.27. The molecule has 2 amide bonds. The Labute approximate surface area is 319 Å². The number of primary amides is 1. The van der Waals surface area contributed by atoms with E-state index < -0.39 is 5.91 Å². The minimum atomic E-state index is -0.627. The Morgan fingerprint density at radius 1 is 0.982 bits per heavy atom. The SMILES string of the molecule is CCc1nc2c(cnn2CC)c(NC2CCOCC2)c1CN(Cc1ccc(F)c(-c2cccc(CNc3ccncn3)c2)c1)C(=O)c1cccc(C(N)=O)c1. The average molecular weight is 742 g/mol. The monoisotopic (exact) mass is 741 g/mol. The van der Waals surface area contributed by atoms with Crippen LogP contribution in [-0.2, 0) is 37.3 Å². The van der Waals surface area contributed by atoms with Crippen molar-refractivity contribution in [3.63, 3.8) is 0 Å². The molecule has 13 heteroatoms. The molecule has 282 valence electrons. The number of fused-ring (bicyclic) bond motifs is 1. The van der Waals surface area contributed by atoms with Gasteiger partial charge in [-0.25, -0.2) is 24.0 Å². The summed E-state index contributed by atoms with van der Waals surface area (Å²) in [6, 6.07) is 21.0. The number of hydrogen-bond acceptors (Lipinski definition) is 9. The molecule has 3 aromatic heterocycles. The van der Waals surface area contributed by atoms with Gasteiger partial charge in [-0.3, -0.25) is 9.59 Å². The molecule has 55 heavy (non-hydrogen) atoms. The molecular formula is C42H44FN9O3. The lowest BCUT2D eigenvalue weighted by molar-refractivity contribution is 0.0729. The summed E-state index contributed by atoms with van der Waals surface area (Å²) in [5.74, 6) is -0.631. The molecule has 0 unspecified atom stereocenters. The second-order valence-corrected chi connectivity index (χ2v) is 13.6. The topological polar surface area (TPSA) is 153 Å². The number of halogens is 1. The molecule has 1 aliphatic rings. The number of ether oxygens (including phenoxy) is 1. The van der Waals surface area contributed by atoms with Crippen LogP contribution in [0.4, 0.5) is 15.9 Å². The largest absolute Gasteiger partial charge is 0.381 e. The van der Waals surface area contributed by atoms with Crippen LogP contribution in [0.5, 0.6) is 0 Å². The van der Waals surface area contributed by atoms with Crippen molar-refractivity contribution in [1.82, 2.24) is 29.6 Å². The zero-order chi connectivity index (χ0) is 38.3. The van der Waals surface area contributed by atoms with E-state index in [-0.39, 0.29) is 36.4 Å². The van der Waals surface area contributed by atoms with Crippen LogP contribution in [0.1, 0.15) is 69.8 Å². The number of hydrogen-bond donors (Lipinski definition) is 3. The van der Waals surface area contributed by atoms with Crippen molar-refractivity contribution in [2.24, 2.45) is 5.73 Å². The molecule has 1 saturated heterocycles. The zero-order valence-electron chi connectivity index (χ0n) is 31.0. The van der Waals surface area contributed by atoms with Crippen LogP contribution in [0.25, 0.3) is 22.2 Å². The Hall–Kier alpha value is -6.21. The van der Waals surface area contributed by atoms with Crippen molar-refractivity contribution in [1.29, 1.82) is 0 Å². The summed E-state index contributed by atoms with van der Waals surface area (Å²) in [7, 11) is 0. The zero-order valence-corrected chi connectivity index (χ0v) is 31.0. The number of aromatic nitrogens is 5. The molecule has 1 aliphatic heterocycles. The lowest BCUT2D eigenvalue weighted by Crippen LogP contribution is -2.33. The van der Waals surface area contributed by atoms with E-state index in [1.54, 1.807) is 47.5 Å². The standard InChI is InChI=1S/C42H44FN9O3/c1-3-37-35(39(49-32-14-17-55-18-15-32)34-23-48-52(4-2)41(34)50-37)25-51(42(54)31-10-6-9-30(21-31)40(44)53)24-28-11-12-36(43)33(20-28)29-8-5-7-27(19-29)22-46-38-13-16-45-26-47-38/h5-13,16,19-21,23,26,32H,3-4,14-15,17-18,22,24-25H2,1-2H3,(H2,44,53)(H,49,50)(H,45,46,47). The summed E-state index contributed by atoms with van der Waals surface area (Å²) in [5, 5.41) is 12.6. The van der Waals surface area contributed by atoms with Gasteiger partial charge in [0.15, 0.2) is 5.65 Å². The van der Waals surface area contributed by atoms with Gasteiger partial charge >= 0.3 is 0 Å². The molecule has 0 bridgehead atoms. The predicted molar refractivity (Wildman–Crippen MR) is 210 cm³/mol. The lowest BCUT2D eigenvalue weighted by Gasteiger charge is -2.29. The smallest absolute Gasteiger partial charge is 0.254 e. The molecule has 0 atom stereocenters. The number of rotatable bonds is 14. The third-order valence-corrected chi connectivity index (χ3v) is 9.90. The average Bonchev–Trinajstić information content (AvgIpc) is 3.64. The normalized spacial score (nSPS) is 13.1. The van der Waals surface area contributed by atoms with E-state index in [0.717, 1.165) is 51.9 Å². The van der Waals surface area contributed by atoms with E-state index >= 15 is 4.39 Å². The van der Waals surface area contributed by atoms with Gasteiger partial charge in [-0.2, -0.15) is 5.10 Å². The van der Waals surface area contributed by atoms with E-state index in [9.17, 15) is 9.59 Å². The van der Waals surface area contributed by atoms with Crippen LogP contribution in [0.2, 0.25) is 0 Å². The fraction of sp³-hybridized carbons (Fsp3) is 0.286. The molecule has 0 saturated carbocycles. The summed E-state index contributed by atoms with van der Waals surface area (Å²) in [4.78, 5) is 41.8. The summed E-state index contributed by atoms with van der Waals surface area (Å²) < 4.78 is 23.2. The first-order valence-corrected chi connectivity index (χ1v) is 18.6. The highest BCUT2D eigenvalue weighted by Crippen LogP contribution is 2.34. The maximum absolute atomic E-state index is 15.6. The number of aryl methyl sites for hydroxylation is 2. The van der Waals surface area contributed by atoms with Gasteiger partial charge in [0.25, 0.3) is 5.91 Å². The molecule has 7 rings (SSSR count). The number of nitrogens with zero attached hydrogens (tertiary/aromatic N) is 6. The van der Waals surface area contributed by atoms with Gasteiger partial charge in [0, 0.05) is 73.0 Å². The minimum Gasteiger partial charge on any atom is -0.381 e. The van der Waals surface area contributed by atoms with Crippen LogP contribution in [0, 0.1) is 5.82 Å². The number of amides is 2. The summed E-state index contributed by atoms with van der Waals surface area (Å²) in [6.45, 7) is 6.87. The number of benzene rings is 3. The number of nitrogens with one attached hydrogen (secondary N) is 2. The Morgan fingerprint density at radius 2 is 1.80 bits per heavy atom. The first-order valence-electron chi connectivity index (χ1n) is 18.6. The summed E-state index contributed by atoms with van der Waals surface area (Å²) >= 11 is 0. The molecule has 4 heterocycles. The Balaban J connectivity index is 1.27. The quantitative estimate of drug-likeness (QED) is 0.110. The van der Waals surface area contributed by atoms with Gasteiger partial charge in [-0.15, -0.1) is 0 Å². The van der Waals surface area contributed by atoms with E-state index in [1.807, 2.05) is 42.1 Å². The van der Waals surface area contributed by atoms with Gasteiger partial charge in [0.05, 0.1) is 23.8 Å². The molecule has 4 N–H and O–H groups in total. The molecule has 12 nitrogen and oxygen atoms in total. The fourth-order valence-corrected chi connectivity index (χ4v) is 7.01. The van der Waals surface area contributed by atoms with Crippen LogP contribution < -0.4 is 16.4 Å². The third kappa shape index (κ3) is 8.47. The van der Waals surface area contributed by atoms with Crippen LogP contribution in [-0.4, -0.2) is 60.7 Å². The number of carbonyl (C=O) groups excluding carboxylic acids is 2. The van der Waals surface area contributed by atoms with Gasteiger partial charge in [0.2, 0.25) is 5.91 Å². The number of pyridine rings is 1. The minimum absolute atomic E-state index is 0.147. The molecule has 3 aromatic carbocycles. The highest BCUT2D eigenvalue weighted by Gasteiger charge is 2.26. The first-order chi connectivity index (χ1) is 26.8. The van der Waals surface area contributed by atoms with E-state index in [2.05, 4.69) is 32.6 Å². The predicted octanol–water partition coefficient (Wildman–Crippen LogP) is 6.75. The van der Waals surface area contributed by atoms with Crippen molar-refractivity contribution in [2.75, 3.05) is 23.8 Å². The van der Waals surface area contributed by atoms with Crippen molar-refractivity contribution < 1.29 is 18.7 Å². The fourth-order valence-electron chi connectivity index (χ4n) is 7.01. The van der Waals surface area contributed by atoms with Gasteiger partial charge in [-0.1, -0.05) is 37.3 Å². The highest BCUT2D eigenvalue weighted by atomic mass is 19.1. The molecule has 0 aliphatic carbocycles. The second kappa shape index (κ2) is 16.9. The highest BCUT2D eigenvalue weighted by molar-refractivity contribution is 5.99. The van der Waals surface area contributed by atoms with Crippen molar-refractivity contribution >= 4 is 34.4 Å². The molecular weight excluding hydrogens is 698 g/mol. The lowest BCUT2D eigenvalue weighted by atomic mass is 9.99. The van der Waals surface area contributed by atoms with Crippen LogP contribution >= 0.6 is 0 Å². The maximum Gasteiger partial charge on any atom is 0.254 e. The Bertz CT molecular complexity index is 2310. The van der Waals surface area contributed by atoms with Crippen molar-refractivity contribution in [3.05, 3.63) is 131 Å².